The summed E-state index contributed by atoms with van der Waals surface area (Å²) < 4.78 is 30.8. The first-order chi connectivity index (χ1) is 13.1. The molecule has 6 nitrogen and oxygen atoms in total. The Morgan fingerprint density at radius 3 is 2.29 bits per heavy atom. The molecular formula is C19H22Cl2N2O4S. The van der Waals surface area contributed by atoms with Crippen LogP contribution in [-0.2, 0) is 21.4 Å². The molecule has 9 heteroatoms. The summed E-state index contributed by atoms with van der Waals surface area (Å²) in [6.45, 7) is 3.77. The number of anilines is 1. The van der Waals surface area contributed by atoms with Crippen LogP contribution in [0.4, 0.5) is 5.69 Å². The molecule has 0 radical (unpaired) electrons. The van der Waals surface area contributed by atoms with Crippen molar-refractivity contribution in [2.75, 3.05) is 17.1 Å². The van der Waals surface area contributed by atoms with Gasteiger partial charge in [0.25, 0.3) is 0 Å². The van der Waals surface area contributed by atoms with Crippen molar-refractivity contribution in [3.8, 4) is 5.75 Å². The molecule has 0 aliphatic carbocycles. The molecule has 0 saturated carbocycles. The van der Waals surface area contributed by atoms with E-state index in [2.05, 4.69) is 5.32 Å². The quantitative estimate of drug-likeness (QED) is 0.670. The Labute approximate surface area is 175 Å². The highest BCUT2D eigenvalue weighted by atomic mass is 35.5. The summed E-state index contributed by atoms with van der Waals surface area (Å²) >= 11 is 11.8. The minimum absolute atomic E-state index is 0.0777. The second-order valence-electron chi connectivity index (χ2n) is 6.46. The lowest BCUT2D eigenvalue weighted by molar-refractivity contribution is -0.119. The van der Waals surface area contributed by atoms with Crippen molar-refractivity contribution in [3.05, 3.63) is 58.1 Å². The SMILES string of the molecule is CC(C)Oc1ccc(CNC(=O)CN(c2ccc(Cl)c(Cl)c2)S(C)(=O)=O)cc1. The lowest BCUT2D eigenvalue weighted by atomic mass is 10.2. The first kappa shape index (κ1) is 22.3. The summed E-state index contributed by atoms with van der Waals surface area (Å²) in [4.78, 5) is 12.3. The fourth-order valence-electron chi connectivity index (χ4n) is 2.39. The molecule has 0 atom stereocenters. The molecule has 2 aromatic rings. The van der Waals surface area contributed by atoms with E-state index in [-0.39, 0.29) is 29.9 Å². The molecule has 0 aliphatic rings. The summed E-state index contributed by atoms with van der Waals surface area (Å²) in [5.74, 6) is 0.298. The number of carbonyl (C=O) groups excluding carboxylic acids is 1. The predicted octanol–water partition coefficient (Wildman–Crippen LogP) is 3.86. The normalized spacial score (nSPS) is 11.4. The van der Waals surface area contributed by atoms with Crippen molar-refractivity contribution >= 4 is 44.8 Å². The highest BCUT2D eigenvalue weighted by Crippen LogP contribution is 2.28. The fourth-order valence-corrected chi connectivity index (χ4v) is 3.53. The zero-order valence-corrected chi connectivity index (χ0v) is 18.1. The number of rotatable bonds is 8. The van der Waals surface area contributed by atoms with Gasteiger partial charge in [-0.3, -0.25) is 9.10 Å². The fraction of sp³-hybridized carbons (Fsp3) is 0.316. The molecule has 1 amide bonds. The van der Waals surface area contributed by atoms with Crippen LogP contribution in [0, 0.1) is 0 Å². The smallest absolute Gasteiger partial charge is 0.241 e. The van der Waals surface area contributed by atoms with Crippen LogP contribution in [-0.4, -0.2) is 33.2 Å². The number of amides is 1. The van der Waals surface area contributed by atoms with E-state index >= 15 is 0 Å². The van der Waals surface area contributed by atoms with Crippen molar-refractivity contribution < 1.29 is 17.9 Å². The van der Waals surface area contributed by atoms with E-state index < -0.39 is 15.9 Å². The standard InChI is InChI=1S/C19H22Cl2N2O4S/c1-13(2)27-16-7-4-14(5-8-16)11-22-19(24)12-23(28(3,25)26)15-6-9-17(20)18(21)10-15/h4-10,13H,11-12H2,1-3H3,(H,22,24). The number of benzene rings is 2. The third-order valence-electron chi connectivity index (χ3n) is 3.66. The predicted molar refractivity (Wildman–Crippen MR) is 113 cm³/mol. The molecule has 0 unspecified atom stereocenters. The number of nitrogens with zero attached hydrogens (tertiary/aromatic N) is 1. The molecule has 1 N–H and O–H groups in total. The number of carbonyl (C=O) groups is 1. The van der Waals surface area contributed by atoms with Gasteiger partial charge in [-0.05, 0) is 49.7 Å². The Bertz CT molecular complexity index is 931. The minimum atomic E-state index is -3.69. The Hall–Kier alpha value is -1.96. The van der Waals surface area contributed by atoms with Gasteiger partial charge in [0.1, 0.15) is 12.3 Å². The zero-order valence-electron chi connectivity index (χ0n) is 15.8. The number of sulfonamides is 1. The zero-order chi connectivity index (χ0) is 20.9. The molecule has 0 aliphatic heterocycles. The third-order valence-corrected chi connectivity index (χ3v) is 5.54. The van der Waals surface area contributed by atoms with Crippen LogP contribution in [0.2, 0.25) is 10.0 Å². The van der Waals surface area contributed by atoms with Crippen LogP contribution in [0.25, 0.3) is 0 Å². The maximum absolute atomic E-state index is 12.3. The van der Waals surface area contributed by atoms with E-state index in [0.29, 0.717) is 5.02 Å². The molecule has 2 rings (SSSR count). The van der Waals surface area contributed by atoms with Gasteiger partial charge in [0.2, 0.25) is 15.9 Å². The van der Waals surface area contributed by atoms with Crippen molar-refractivity contribution in [1.29, 1.82) is 0 Å². The van der Waals surface area contributed by atoms with Crippen molar-refractivity contribution in [3.63, 3.8) is 0 Å². The summed E-state index contributed by atoms with van der Waals surface area (Å²) in [6.07, 6.45) is 1.10. The maximum Gasteiger partial charge on any atom is 0.241 e. The third kappa shape index (κ3) is 6.58. The molecule has 152 valence electrons. The molecule has 0 saturated heterocycles. The minimum Gasteiger partial charge on any atom is -0.491 e. The first-order valence-corrected chi connectivity index (χ1v) is 11.1. The van der Waals surface area contributed by atoms with E-state index in [4.69, 9.17) is 27.9 Å². The van der Waals surface area contributed by atoms with E-state index in [1.807, 2.05) is 38.1 Å². The number of ether oxygens (including phenoxy) is 1. The van der Waals surface area contributed by atoms with E-state index in [1.54, 1.807) is 0 Å². The van der Waals surface area contributed by atoms with Crippen molar-refractivity contribution in [2.45, 2.75) is 26.5 Å². The summed E-state index contributed by atoms with van der Waals surface area (Å²) in [6, 6.07) is 11.7. The Morgan fingerprint density at radius 1 is 1.11 bits per heavy atom. The Morgan fingerprint density at radius 2 is 1.75 bits per heavy atom. The van der Waals surface area contributed by atoms with Gasteiger partial charge in [-0.25, -0.2) is 8.42 Å². The molecule has 0 fully saturated rings. The molecule has 0 aromatic heterocycles. The average Bonchev–Trinajstić information content (AvgIpc) is 2.60. The average molecular weight is 445 g/mol. The molecule has 2 aromatic carbocycles. The van der Waals surface area contributed by atoms with Gasteiger partial charge >= 0.3 is 0 Å². The molecule has 0 heterocycles. The van der Waals surface area contributed by atoms with E-state index in [9.17, 15) is 13.2 Å². The monoisotopic (exact) mass is 444 g/mol. The molecule has 0 bridgehead atoms. The van der Waals surface area contributed by atoms with Gasteiger partial charge in [0.05, 0.1) is 28.1 Å². The van der Waals surface area contributed by atoms with Crippen LogP contribution < -0.4 is 14.4 Å². The van der Waals surface area contributed by atoms with Crippen LogP contribution in [0.15, 0.2) is 42.5 Å². The second-order valence-corrected chi connectivity index (χ2v) is 9.18. The van der Waals surface area contributed by atoms with Gasteiger partial charge in [0.15, 0.2) is 0 Å². The van der Waals surface area contributed by atoms with E-state index in [1.165, 1.54) is 18.2 Å². The molecule has 0 spiro atoms. The van der Waals surface area contributed by atoms with Crippen LogP contribution in [0.1, 0.15) is 19.4 Å². The summed E-state index contributed by atoms with van der Waals surface area (Å²) in [5.41, 5.74) is 1.13. The number of halogens is 2. The summed E-state index contributed by atoms with van der Waals surface area (Å²) in [7, 11) is -3.69. The largest absolute Gasteiger partial charge is 0.491 e. The van der Waals surface area contributed by atoms with Gasteiger partial charge in [-0.2, -0.15) is 0 Å². The highest BCUT2D eigenvalue weighted by Gasteiger charge is 2.21. The Kier molecular flexibility index (Phi) is 7.57. The first-order valence-electron chi connectivity index (χ1n) is 8.51. The van der Waals surface area contributed by atoms with E-state index in [0.717, 1.165) is 21.9 Å². The lowest BCUT2D eigenvalue weighted by Gasteiger charge is -2.22. The van der Waals surface area contributed by atoms with Gasteiger partial charge in [-0.1, -0.05) is 35.3 Å². The number of nitrogens with one attached hydrogen (secondary N) is 1. The van der Waals surface area contributed by atoms with Crippen LogP contribution in [0.5, 0.6) is 5.75 Å². The molecular weight excluding hydrogens is 423 g/mol. The van der Waals surface area contributed by atoms with Gasteiger partial charge in [-0.15, -0.1) is 0 Å². The van der Waals surface area contributed by atoms with Gasteiger partial charge in [0, 0.05) is 6.54 Å². The van der Waals surface area contributed by atoms with Crippen LogP contribution >= 0.6 is 23.2 Å². The summed E-state index contributed by atoms with van der Waals surface area (Å²) in [5, 5.41) is 3.22. The van der Waals surface area contributed by atoms with Crippen LogP contribution in [0.3, 0.4) is 0 Å². The van der Waals surface area contributed by atoms with Gasteiger partial charge < -0.3 is 10.1 Å². The lowest BCUT2D eigenvalue weighted by Crippen LogP contribution is -2.40. The maximum atomic E-state index is 12.3. The number of hydrogen-bond acceptors (Lipinski definition) is 4. The van der Waals surface area contributed by atoms with Crippen molar-refractivity contribution in [2.24, 2.45) is 0 Å². The number of hydrogen-bond donors (Lipinski definition) is 1. The Balaban J connectivity index is 2.03. The molecule has 28 heavy (non-hydrogen) atoms. The van der Waals surface area contributed by atoms with Crippen molar-refractivity contribution in [1.82, 2.24) is 5.32 Å². The second kappa shape index (κ2) is 9.49. The topological polar surface area (TPSA) is 75.7 Å². The highest BCUT2D eigenvalue weighted by molar-refractivity contribution is 7.92.